The summed E-state index contributed by atoms with van der Waals surface area (Å²) in [6.07, 6.45) is -1.67. The number of carbonyl (C=O) groups is 5. The molecule has 1 saturated heterocycles. The molecule has 2 aromatic rings. The average Bonchev–Trinajstić information content (AvgIpc) is 3.24. The number of pyridine rings is 1. The molecular formula is C24H20N4O9S. The standard InChI is InChI=1S/C24H20N4O9S/c25-23(32)34-9-12-11-38-19-16(27-24(33)35-10-13-5-3-4-8-26-13)18(29)28(19)17(12)21(31)37-22-15-7-2-1-6-14(15)20(30)36-22/h1-8,16,19,22H,9-11H2,(H2,25,32)(H,27,33)/t16-,19-,22?/m1/s1. The van der Waals surface area contributed by atoms with E-state index in [4.69, 9.17) is 24.7 Å². The van der Waals surface area contributed by atoms with Crippen LogP contribution >= 0.6 is 11.8 Å². The number of benzene rings is 1. The van der Waals surface area contributed by atoms with E-state index >= 15 is 0 Å². The minimum Gasteiger partial charge on any atom is -0.445 e. The number of esters is 2. The zero-order chi connectivity index (χ0) is 26.8. The van der Waals surface area contributed by atoms with Crippen LogP contribution in [0.1, 0.15) is 27.9 Å². The number of aromatic nitrogens is 1. The fourth-order valence-electron chi connectivity index (χ4n) is 4.09. The fourth-order valence-corrected chi connectivity index (χ4v) is 5.41. The van der Waals surface area contributed by atoms with Gasteiger partial charge in [0.25, 0.3) is 12.2 Å². The number of fused-ring (bicyclic) bond motifs is 2. The van der Waals surface area contributed by atoms with Gasteiger partial charge in [0, 0.05) is 23.1 Å². The van der Waals surface area contributed by atoms with E-state index in [1.54, 1.807) is 42.6 Å². The van der Waals surface area contributed by atoms with Crippen LogP contribution in [0, 0.1) is 0 Å². The molecule has 0 saturated carbocycles. The zero-order valence-electron chi connectivity index (χ0n) is 19.5. The van der Waals surface area contributed by atoms with Gasteiger partial charge in [-0.2, -0.15) is 0 Å². The van der Waals surface area contributed by atoms with Crippen LogP contribution in [0.25, 0.3) is 0 Å². The number of ether oxygens (including phenoxy) is 4. The molecule has 5 rings (SSSR count). The summed E-state index contributed by atoms with van der Waals surface area (Å²) in [5, 5.41) is 1.84. The highest BCUT2D eigenvalue weighted by Gasteiger charge is 2.55. The summed E-state index contributed by atoms with van der Waals surface area (Å²) >= 11 is 1.23. The molecule has 14 heteroatoms. The Hall–Kier alpha value is -4.59. The summed E-state index contributed by atoms with van der Waals surface area (Å²) in [6.45, 7) is -0.461. The van der Waals surface area contributed by atoms with Crippen LogP contribution in [0.15, 0.2) is 59.9 Å². The minimum atomic E-state index is -1.32. The Morgan fingerprint density at radius 3 is 2.66 bits per heavy atom. The molecule has 0 bridgehead atoms. The van der Waals surface area contributed by atoms with Crippen LogP contribution in [0.2, 0.25) is 0 Å². The first-order valence-corrected chi connectivity index (χ1v) is 12.3. The van der Waals surface area contributed by atoms with Gasteiger partial charge in [-0.1, -0.05) is 24.3 Å². The molecule has 1 fully saturated rings. The number of nitrogens with two attached hydrogens (primary N) is 1. The first-order chi connectivity index (χ1) is 18.3. The van der Waals surface area contributed by atoms with Gasteiger partial charge in [0.2, 0.25) is 0 Å². The largest absolute Gasteiger partial charge is 0.445 e. The van der Waals surface area contributed by atoms with E-state index < -0.39 is 47.7 Å². The summed E-state index contributed by atoms with van der Waals surface area (Å²) in [5.41, 5.74) is 6.28. The normalized spacial score (nSPS) is 21.5. The van der Waals surface area contributed by atoms with Gasteiger partial charge in [-0.15, -0.1) is 11.8 Å². The lowest BCUT2D eigenvalue weighted by atomic mass is 10.0. The van der Waals surface area contributed by atoms with E-state index in [0.29, 0.717) is 11.3 Å². The first-order valence-electron chi connectivity index (χ1n) is 11.3. The van der Waals surface area contributed by atoms with Crippen LogP contribution in [0.3, 0.4) is 0 Å². The third-order valence-corrected chi connectivity index (χ3v) is 7.18. The van der Waals surface area contributed by atoms with Crippen molar-refractivity contribution < 1.29 is 42.9 Å². The predicted molar refractivity (Wildman–Crippen MR) is 128 cm³/mol. The van der Waals surface area contributed by atoms with Gasteiger partial charge >= 0.3 is 24.1 Å². The number of cyclic esters (lactones) is 1. The van der Waals surface area contributed by atoms with Crippen molar-refractivity contribution in [3.8, 4) is 0 Å². The minimum absolute atomic E-state index is 0.0945. The van der Waals surface area contributed by atoms with Crippen LogP contribution in [-0.4, -0.2) is 63.7 Å². The van der Waals surface area contributed by atoms with Crippen molar-refractivity contribution in [1.82, 2.24) is 15.2 Å². The van der Waals surface area contributed by atoms with Crippen molar-refractivity contribution in [2.45, 2.75) is 24.3 Å². The Bertz CT molecular complexity index is 1350. The van der Waals surface area contributed by atoms with Gasteiger partial charge in [0.05, 0.1) is 11.3 Å². The number of nitrogens with zero attached hydrogens (tertiary/aromatic N) is 2. The maximum atomic E-state index is 13.3. The van der Waals surface area contributed by atoms with Crippen molar-refractivity contribution in [3.63, 3.8) is 0 Å². The average molecular weight is 541 g/mol. The number of hydrogen-bond acceptors (Lipinski definition) is 11. The van der Waals surface area contributed by atoms with Crippen LogP contribution in [0.5, 0.6) is 0 Å². The fraction of sp³-hybridized carbons (Fsp3) is 0.250. The lowest BCUT2D eigenvalue weighted by molar-refractivity contribution is -0.168. The molecule has 0 radical (unpaired) electrons. The molecule has 196 valence electrons. The molecular weight excluding hydrogens is 520 g/mol. The topological polar surface area (TPSA) is 176 Å². The summed E-state index contributed by atoms with van der Waals surface area (Å²) in [4.78, 5) is 67.2. The van der Waals surface area contributed by atoms with Crippen LogP contribution in [-0.2, 0) is 35.1 Å². The molecule has 3 atom stereocenters. The molecule has 3 aliphatic rings. The van der Waals surface area contributed by atoms with E-state index in [0.717, 1.165) is 4.90 Å². The van der Waals surface area contributed by atoms with Gasteiger partial charge < -0.3 is 30.0 Å². The number of carbonyl (C=O) groups excluding carboxylic acids is 5. The molecule has 3 N–H and O–H groups in total. The molecule has 3 amide bonds. The van der Waals surface area contributed by atoms with Crippen molar-refractivity contribution >= 4 is 41.8 Å². The number of hydrogen-bond donors (Lipinski definition) is 2. The molecule has 3 aliphatic heterocycles. The highest BCUT2D eigenvalue weighted by molar-refractivity contribution is 8.00. The summed E-state index contributed by atoms with van der Waals surface area (Å²) in [7, 11) is 0. The third-order valence-electron chi connectivity index (χ3n) is 5.84. The second kappa shape index (κ2) is 10.4. The third kappa shape index (κ3) is 4.85. The number of rotatable bonds is 7. The van der Waals surface area contributed by atoms with E-state index in [9.17, 15) is 24.0 Å². The SMILES string of the molecule is NC(=O)OCC1=C(C(=O)OC2OC(=O)c3ccccc32)N2C(=O)[C@@H](NC(=O)OCc3ccccn3)[C@H]2SC1. The van der Waals surface area contributed by atoms with E-state index in [1.807, 2.05) is 0 Å². The quantitative estimate of drug-likeness (QED) is 0.294. The molecule has 1 aromatic carbocycles. The Balaban J connectivity index is 1.30. The van der Waals surface area contributed by atoms with Gasteiger partial charge in [0.1, 0.15) is 30.3 Å². The predicted octanol–water partition coefficient (Wildman–Crippen LogP) is 1.35. The molecule has 13 nitrogen and oxygen atoms in total. The number of thioether (sulfide) groups is 1. The molecule has 0 aliphatic carbocycles. The van der Waals surface area contributed by atoms with Crippen LogP contribution < -0.4 is 11.1 Å². The number of β-lactam (4-membered cyclic amide) rings is 1. The Kier molecular flexibility index (Phi) is 6.87. The maximum Gasteiger partial charge on any atom is 0.408 e. The zero-order valence-corrected chi connectivity index (χ0v) is 20.3. The Morgan fingerprint density at radius 2 is 1.89 bits per heavy atom. The van der Waals surface area contributed by atoms with Crippen molar-refractivity contribution in [2.24, 2.45) is 5.73 Å². The lowest BCUT2D eigenvalue weighted by Gasteiger charge is -2.49. The molecule has 1 unspecified atom stereocenters. The highest BCUT2D eigenvalue weighted by Crippen LogP contribution is 2.42. The Labute approximate surface area is 219 Å². The maximum absolute atomic E-state index is 13.3. The van der Waals surface area contributed by atoms with Crippen molar-refractivity contribution in [3.05, 3.63) is 76.8 Å². The van der Waals surface area contributed by atoms with E-state index in [-0.39, 0.29) is 35.8 Å². The van der Waals surface area contributed by atoms with E-state index in [2.05, 4.69) is 10.3 Å². The number of primary amides is 1. The smallest absolute Gasteiger partial charge is 0.408 e. The van der Waals surface area contributed by atoms with Gasteiger partial charge in [-0.3, -0.25) is 14.7 Å². The lowest BCUT2D eigenvalue weighted by Crippen LogP contribution is -2.70. The summed E-state index contributed by atoms with van der Waals surface area (Å²) < 4.78 is 20.6. The molecule has 0 spiro atoms. The second-order valence-corrected chi connectivity index (χ2v) is 9.32. The molecule has 1 aromatic heterocycles. The molecule has 38 heavy (non-hydrogen) atoms. The summed E-state index contributed by atoms with van der Waals surface area (Å²) in [6, 6.07) is 10.6. The van der Waals surface area contributed by atoms with Gasteiger partial charge in [0.15, 0.2) is 0 Å². The number of alkyl carbamates (subject to hydrolysis) is 1. The van der Waals surface area contributed by atoms with Gasteiger partial charge in [-0.25, -0.2) is 19.2 Å². The van der Waals surface area contributed by atoms with Crippen molar-refractivity contribution in [2.75, 3.05) is 12.4 Å². The number of amides is 3. The van der Waals surface area contributed by atoms with Crippen molar-refractivity contribution in [1.29, 1.82) is 0 Å². The summed E-state index contributed by atoms with van der Waals surface area (Å²) in [5.74, 6) is -2.08. The first kappa shape index (κ1) is 25.1. The number of nitrogens with one attached hydrogen (secondary N) is 1. The monoisotopic (exact) mass is 540 g/mol. The Morgan fingerprint density at radius 1 is 1.11 bits per heavy atom. The van der Waals surface area contributed by atoms with E-state index in [1.165, 1.54) is 17.8 Å². The molecule has 4 heterocycles. The van der Waals surface area contributed by atoms with Crippen LogP contribution in [0.4, 0.5) is 9.59 Å². The highest BCUT2D eigenvalue weighted by atomic mass is 32.2. The second-order valence-electron chi connectivity index (χ2n) is 8.22. The van der Waals surface area contributed by atoms with Gasteiger partial charge in [-0.05, 0) is 18.2 Å².